The molecular formula is C18H12ClF3N4O2S. The number of carbonyl (C=O) groups excluding carboxylic acids is 2. The Morgan fingerprint density at radius 1 is 1.03 bits per heavy atom. The van der Waals surface area contributed by atoms with Gasteiger partial charge in [0.05, 0.1) is 11.3 Å². The minimum atomic E-state index is -4.71. The van der Waals surface area contributed by atoms with Gasteiger partial charge in [-0.25, -0.2) is 0 Å². The zero-order valence-corrected chi connectivity index (χ0v) is 16.0. The van der Waals surface area contributed by atoms with E-state index in [1.54, 1.807) is 0 Å². The molecule has 2 N–H and O–H groups in total. The van der Waals surface area contributed by atoms with Gasteiger partial charge in [-0.05, 0) is 18.2 Å². The third-order valence-corrected chi connectivity index (χ3v) is 4.78. The number of rotatable bonds is 5. The highest BCUT2D eigenvalue weighted by Crippen LogP contribution is 2.35. The van der Waals surface area contributed by atoms with Gasteiger partial charge in [0.1, 0.15) is 10.9 Å². The van der Waals surface area contributed by atoms with E-state index in [9.17, 15) is 22.8 Å². The summed E-state index contributed by atoms with van der Waals surface area (Å²) < 4.78 is 39.4. The van der Waals surface area contributed by atoms with Crippen LogP contribution in [0.5, 0.6) is 0 Å². The molecule has 150 valence electrons. The lowest BCUT2D eigenvalue weighted by Crippen LogP contribution is -2.19. The summed E-state index contributed by atoms with van der Waals surface area (Å²) in [5, 5.41) is 13.1. The average Bonchev–Trinajstić information content (AvgIpc) is 3.16. The van der Waals surface area contributed by atoms with Gasteiger partial charge in [0.25, 0.3) is 5.91 Å². The average molecular weight is 441 g/mol. The van der Waals surface area contributed by atoms with Gasteiger partial charge in [0, 0.05) is 11.1 Å². The van der Waals surface area contributed by atoms with Crippen LogP contribution in [0.25, 0.3) is 10.6 Å². The molecule has 0 saturated heterocycles. The highest BCUT2D eigenvalue weighted by Gasteiger charge is 2.34. The first kappa shape index (κ1) is 20.7. The maximum atomic E-state index is 13.1. The van der Waals surface area contributed by atoms with Crippen molar-refractivity contribution in [1.82, 2.24) is 10.2 Å². The molecule has 2 aromatic carbocycles. The van der Waals surface area contributed by atoms with Crippen LogP contribution in [0.1, 0.15) is 15.9 Å². The predicted molar refractivity (Wildman–Crippen MR) is 104 cm³/mol. The van der Waals surface area contributed by atoms with E-state index in [2.05, 4.69) is 20.8 Å². The lowest BCUT2D eigenvalue weighted by molar-refractivity contribution is -0.137. The number of amides is 2. The van der Waals surface area contributed by atoms with Crippen molar-refractivity contribution >= 4 is 45.6 Å². The minimum Gasteiger partial charge on any atom is -0.324 e. The van der Waals surface area contributed by atoms with Gasteiger partial charge in [-0.15, -0.1) is 21.8 Å². The minimum absolute atomic E-state index is 0.0978. The van der Waals surface area contributed by atoms with Crippen LogP contribution >= 0.6 is 22.9 Å². The lowest BCUT2D eigenvalue weighted by atomic mass is 10.1. The number of hydrogen-bond acceptors (Lipinski definition) is 5. The van der Waals surface area contributed by atoms with Crippen LogP contribution in [0.2, 0.25) is 0 Å². The van der Waals surface area contributed by atoms with Crippen molar-refractivity contribution in [2.45, 2.75) is 6.18 Å². The van der Waals surface area contributed by atoms with Gasteiger partial charge < -0.3 is 5.32 Å². The standard InChI is InChI=1S/C18H12ClF3N4O2S/c19-9-14(27)23-13-8-11(6-7-12(13)18(20,21)22)15(28)24-17-26-25-16(29-17)10-4-2-1-3-5-10/h1-8H,9H2,(H,23,27)(H,24,26,28). The number of nitrogens with one attached hydrogen (secondary N) is 2. The number of alkyl halides is 4. The highest BCUT2D eigenvalue weighted by molar-refractivity contribution is 7.18. The van der Waals surface area contributed by atoms with Crippen molar-refractivity contribution in [2.24, 2.45) is 0 Å². The number of carbonyl (C=O) groups is 2. The highest BCUT2D eigenvalue weighted by atomic mass is 35.5. The van der Waals surface area contributed by atoms with E-state index >= 15 is 0 Å². The molecule has 3 aromatic rings. The fourth-order valence-corrected chi connectivity index (χ4v) is 3.17. The van der Waals surface area contributed by atoms with Gasteiger partial charge in [-0.2, -0.15) is 13.2 Å². The first-order chi connectivity index (χ1) is 13.8. The summed E-state index contributed by atoms with van der Waals surface area (Å²) in [7, 11) is 0. The van der Waals surface area contributed by atoms with Crippen LogP contribution in [0, 0.1) is 0 Å². The van der Waals surface area contributed by atoms with Gasteiger partial charge in [0.2, 0.25) is 11.0 Å². The number of aromatic nitrogens is 2. The lowest BCUT2D eigenvalue weighted by Gasteiger charge is -2.14. The Labute approximate surface area is 171 Å². The molecule has 0 atom stereocenters. The molecule has 0 bridgehead atoms. The summed E-state index contributed by atoms with van der Waals surface area (Å²) in [4.78, 5) is 23.9. The van der Waals surface area contributed by atoms with E-state index in [0.717, 1.165) is 29.0 Å². The molecule has 0 saturated carbocycles. The van der Waals surface area contributed by atoms with Crippen molar-refractivity contribution in [2.75, 3.05) is 16.5 Å². The maximum Gasteiger partial charge on any atom is 0.418 e. The Morgan fingerprint density at radius 2 is 1.76 bits per heavy atom. The molecule has 3 rings (SSSR count). The van der Waals surface area contributed by atoms with E-state index in [1.807, 2.05) is 30.3 Å². The number of hydrogen-bond donors (Lipinski definition) is 2. The van der Waals surface area contributed by atoms with Gasteiger partial charge in [-0.1, -0.05) is 41.7 Å². The Bertz CT molecular complexity index is 1040. The molecule has 0 fully saturated rings. The second kappa shape index (κ2) is 8.58. The summed E-state index contributed by atoms with van der Waals surface area (Å²) in [5.41, 5.74) is -0.932. The van der Waals surface area contributed by atoms with Crippen LogP contribution in [-0.2, 0) is 11.0 Å². The summed E-state index contributed by atoms with van der Waals surface area (Å²) >= 11 is 6.46. The Hall–Kier alpha value is -2.98. The molecule has 11 heteroatoms. The number of nitrogens with zero attached hydrogens (tertiary/aromatic N) is 2. The van der Waals surface area contributed by atoms with Crippen molar-refractivity contribution < 1.29 is 22.8 Å². The second-order valence-corrected chi connectivity index (χ2v) is 6.92. The number of halogens is 4. The summed E-state index contributed by atoms with van der Waals surface area (Å²) in [5.74, 6) is -2.05. The van der Waals surface area contributed by atoms with E-state index in [-0.39, 0.29) is 10.7 Å². The summed E-state index contributed by atoms with van der Waals surface area (Å²) in [6.07, 6.45) is -4.71. The Balaban J connectivity index is 1.83. The van der Waals surface area contributed by atoms with Crippen LogP contribution in [0.15, 0.2) is 48.5 Å². The smallest absolute Gasteiger partial charge is 0.324 e. The van der Waals surface area contributed by atoms with Crippen molar-refractivity contribution in [3.05, 3.63) is 59.7 Å². The Morgan fingerprint density at radius 3 is 2.41 bits per heavy atom. The fourth-order valence-electron chi connectivity index (χ4n) is 2.36. The van der Waals surface area contributed by atoms with Crippen molar-refractivity contribution in [3.8, 4) is 10.6 Å². The largest absolute Gasteiger partial charge is 0.418 e. The van der Waals surface area contributed by atoms with E-state index in [1.165, 1.54) is 0 Å². The SMILES string of the molecule is O=C(CCl)Nc1cc(C(=O)Nc2nnc(-c3ccccc3)s2)ccc1C(F)(F)F. The quantitative estimate of drug-likeness (QED) is 0.565. The normalized spacial score (nSPS) is 11.2. The number of benzene rings is 2. The molecule has 0 radical (unpaired) electrons. The molecule has 2 amide bonds. The molecular weight excluding hydrogens is 429 g/mol. The van der Waals surface area contributed by atoms with Gasteiger partial charge in [0.15, 0.2) is 0 Å². The Kier molecular flexibility index (Phi) is 6.14. The van der Waals surface area contributed by atoms with Crippen LogP contribution in [-0.4, -0.2) is 27.9 Å². The van der Waals surface area contributed by atoms with Crippen molar-refractivity contribution in [1.29, 1.82) is 0 Å². The van der Waals surface area contributed by atoms with Crippen LogP contribution in [0.4, 0.5) is 24.0 Å². The first-order valence-corrected chi connectivity index (χ1v) is 9.40. The molecule has 6 nitrogen and oxygen atoms in total. The van der Waals surface area contributed by atoms with Gasteiger partial charge >= 0.3 is 6.18 Å². The monoisotopic (exact) mass is 440 g/mol. The molecule has 0 aliphatic carbocycles. The molecule has 29 heavy (non-hydrogen) atoms. The molecule has 0 unspecified atom stereocenters. The van der Waals surface area contributed by atoms with E-state index in [4.69, 9.17) is 11.6 Å². The topological polar surface area (TPSA) is 84.0 Å². The zero-order chi connectivity index (χ0) is 21.0. The molecule has 0 spiro atoms. The third kappa shape index (κ3) is 5.09. The number of anilines is 2. The molecule has 0 aliphatic rings. The predicted octanol–water partition coefficient (Wildman–Crippen LogP) is 4.65. The van der Waals surface area contributed by atoms with Crippen molar-refractivity contribution in [3.63, 3.8) is 0 Å². The van der Waals surface area contributed by atoms with Crippen LogP contribution < -0.4 is 10.6 Å². The van der Waals surface area contributed by atoms with Gasteiger partial charge in [-0.3, -0.25) is 14.9 Å². The molecule has 0 aliphatic heterocycles. The third-order valence-electron chi connectivity index (χ3n) is 3.65. The molecule has 1 heterocycles. The summed E-state index contributed by atoms with van der Waals surface area (Å²) in [6, 6.07) is 11.8. The van der Waals surface area contributed by atoms with E-state index in [0.29, 0.717) is 11.1 Å². The molecule has 1 aromatic heterocycles. The maximum absolute atomic E-state index is 13.1. The summed E-state index contributed by atoms with van der Waals surface area (Å²) in [6.45, 7) is 0. The zero-order valence-electron chi connectivity index (χ0n) is 14.5. The first-order valence-electron chi connectivity index (χ1n) is 8.05. The second-order valence-electron chi connectivity index (χ2n) is 5.67. The van der Waals surface area contributed by atoms with E-state index < -0.39 is 35.1 Å². The van der Waals surface area contributed by atoms with Crippen LogP contribution in [0.3, 0.4) is 0 Å². The fraction of sp³-hybridized carbons (Fsp3) is 0.111.